The molecule has 2 fully saturated rings. The summed E-state index contributed by atoms with van der Waals surface area (Å²) in [4.78, 5) is 7.58. The van der Waals surface area contributed by atoms with Gasteiger partial charge in [-0.3, -0.25) is 4.99 Å². The predicted octanol–water partition coefficient (Wildman–Crippen LogP) is 4.38. The molecule has 1 saturated heterocycles. The van der Waals surface area contributed by atoms with Crippen LogP contribution in [0.25, 0.3) is 0 Å². The third kappa shape index (κ3) is 9.08. The lowest BCUT2D eigenvalue weighted by Crippen LogP contribution is -2.33. The third-order valence-corrected chi connectivity index (χ3v) is 5.59. The monoisotopic (exact) mass is 430 g/mol. The van der Waals surface area contributed by atoms with E-state index in [1.54, 1.807) is 0 Å². The molecule has 1 aliphatic carbocycles. The highest BCUT2D eigenvalue weighted by atomic mass is 16.5. The van der Waals surface area contributed by atoms with Crippen molar-refractivity contribution >= 4 is 11.6 Å². The highest BCUT2D eigenvalue weighted by molar-refractivity contribution is 5.93. The number of aliphatic imine (C=N–C) groups is 1. The smallest absolute Gasteiger partial charge is 0.195 e. The molecule has 0 spiro atoms. The first-order valence-corrected chi connectivity index (χ1v) is 12.1. The van der Waals surface area contributed by atoms with Crippen LogP contribution in [-0.4, -0.2) is 62.4 Å². The summed E-state index contributed by atoms with van der Waals surface area (Å²) >= 11 is 0. The molecule has 1 aromatic carbocycles. The Hall–Kier alpha value is -1.79. The number of anilines is 1. The summed E-state index contributed by atoms with van der Waals surface area (Å²) < 4.78 is 11.5. The van der Waals surface area contributed by atoms with Gasteiger partial charge in [0.25, 0.3) is 0 Å². The van der Waals surface area contributed by atoms with Crippen LogP contribution in [0.5, 0.6) is 5.75 Å². The van der Waals surface area contributed by atoms with Crippen molar-refractivity contribution < 1.29 is 9.47 Å². The molecule has 31 heavy (non-hydrogen) atoms. The lowest BCUT2D eigenvalue weighted by atomic mass is 10.1. The normalized spacial score (nSPS) is 19.9. The zero-order chi connectivity index (χ0) is 22.1. The Morgan fingerprint density at radius 1 is 1.13 bits per heavy atom. The van der Waals surface area contributed by atoms with Crippen LogP contribution in [0.15, 0.2) is 29.3 Å². The molecular formula is C25H42N4O2. The van der Waals surface area contributed by atoms with Crippen LogP contribution in [-0.2, 0) is 4.74 Å². The van der Waals surface area contributed by atoms with E-state index in [1.807, 2.05) is 38.1 Å². The number of hydrogen-bond acceptors (Lipinski definition) is 4. The molecule has 1 unspecified atom stereocenters. The second-order valence-electron chi connectivity index (χ2n) is 9.64. The first-order valence-electron chi connectivity index (χ1n) is 12.1. The summed E-state index contributed by atoms with van der Waals surface area (Å²) in [5.74, 6) is 2.98. The average molecular weight is 431 g/mol. The maximum absolute atomic E-state index is 5.75. The fourth-order valence-corrected chi connectivity index (χ4v) is 3.87. The van der Waals surface area contributed by atoms with Crippen molar-refractivity contribution in [1.29, 1.82) is 0 Å². The Morgan fingerprint density at radius 3 is 2.58 bits per heavy atom. The van der Waals surface area contributed by atoms with Crippen LogP contribution in [0.4, 0.5) is 5.69 Å². The number of hydrogen-bond donors (Lipinski definition) is 2. The highest BCUT2D eigenvalue weighted by Crippen LogP contribution is 2.31. The fourth-order valence-electron chi connectivity index (χ4n) is 3.87. The summed E-state index contributed by atoms with van der Waals surface area (Å²) in [5, 5.41) is 6.96. The molecule has 6 nitrogen and oxygen atoms in total. The van der Waals surface area contributed by atoms with Gasteiger partial charge in [-0.15, -0.1) is 0 Å². The zero-order valence-corrected chi connectivity index (χ0v) is 19.9. The Balaban J connectivity index is 1.50. The molecular weight excluding hydrogens is 388 g/mol. The standard InChI is InChI=1S/C25H42N4O2/c1-19(2)18-30-15-5-13-26-25(27-16-21-12-14-29(17-21)23-8-9-23)28-22-6-10-24(11-7-22)31-20(3)4/h6-7,10-11,19-21,23H,5,8-9,12-18H2,1-4H3,(H2,26,27,28). The van der Waals surface area contributed by atoms with Crippen LogP contribution >= 0.6 is 0 Å². The summed E-state index contributed by atoms with van der Waals surface area (Å²) in [6.07, 6.45) is 5.18. The molecule has 174 valence electrons. The van der Waals surface area contributed by atoms with Crippen LogP contribution in [0.1, 0.15) is 53.4 Å². The van der Waals surface area contributed by atoms with E-state index < -0.39 is 0 Å². The molecule has 0 amide bonds. The second-order valence-corrected chi connectivity index (χ2v) is 9.64. The van der Waals surface area contributed by atoms with Gasteiger partial charge in [0.2, 0.25) is 0 Å². The van der Waals surface area contributed by atoms with Gasteiger partial charge in [0.1, 0.15) is 5.75 Å². The first kappa shape index (κ1) is 23.9. The van der Waals surface area contributed by atoms with E-state index in [4.69, 9.17) is 14.5 Å². The Kier molecular flexibility index (Phi) is 9.47. The van der Waals surface area contributed by atoms with Crippen molar-refractivity contribution in [1.82, 2.24) is 10.2 Å². The van der Waals surface area contributed by atoms with Crippen molar-refractivity contribution in [2.75, 3.05) is 44.7 Å². The maximum Gasteiger partial charge on any atom is 0.195 e. The van der Waals surface area contributed by atoms with Crippen molar-refractivity contribution in [3.8, 4) is 5.75 Å². The van der Waals surface area contributed by atoms with E-state index in [0.717, 1.165) is 56.2 Å². The molecule has 0 bridgehead atoms. The summed E-state index contributed by atoms with van der Waals surface area (Å²) in [6.45, 7) is 14.2. The van der Waals surface area contributed by atoms with Gasteiger partial charge in [-0.2, -0.15) is 0 Å². The topological polar surface area (TPSA) is 58.1 Å². The van der Waals surface area contributed by atoms with Gasteiger partial charge >= 0.3 is 0 Å². The van der Waals surface area contributed by atoms with Crippen LogP contribution in [0, 0.1) is 11.8 Å². The number of guanidine groups is 1. The van der Waals surface area contributed by atoms with E-state index in [9.17, 15) is 0 Å². The van der Waals surface area contributed by atoms with E-state index in [-0.39, 0.29) is 6.10 Å². The maximum atomic E-state index is 5.75. The molecule has 1 atom stereocenters. The molecule has 1 aliphatic heterocycles. The minimum absolute atomic E-state index is 0.178. The van der Waals surface area contributed by atoms with E-state index >= 15 is 0 Å². The van der Waals surface area contributed by atoms with Crippen LogP contribution < -0.4 is 15.4 Å². The quantitative estimate of drug-likeness (QED) is 0.293. The van der Waals surface area contributed by atoms with Crippen molar-refractivity contribution in [2.45, 2.75) is 65.5 Å². The van der Waals surface area contributed by atoms with Crippen molar-refractivity contribution in [3.05, 3.63) is 24.3 Å². The van der Waals surface area contributed by atoms with Gasteiger partial charge < -0.3 is 25.0 Å². The Morgan fingerprint density at radius 2 is 1.90 bits per heavy atom. The van der Waals surface area contributed by atoms with Gasteiger partial charge in [0.05, 0.1) is 6.10 Å². The van der Waals surface area contributed by atoms with Crippen molar-refractivity contribution in [3.63, 3.8) is 0 Å². The number of likely N-dealkylation sites (tertiary alicyclic amines) is 1. The van der Waals surface area contributed by atoms with Gasteiger partial charge in [-0.1, -0.05) is 13.8 Å². The number of nitrogens with one attached hydrogen (secondary N) is 2. The Labute approximate surface area is 188 Å². The summed E-state index contributed by atoms with van der Waals surface area (Å²) in [7, 11) is 0. The molecule has 2 N–H and O–H groups in total. The Bertz CT molecular complexity index is 671. The lowest BCUT2D eigenvalue weighted by molar-refractivity contribution is 0.108. The molecule has 1 heterocycles. The molecule has 6 heteroatoms. The molecule has 0 radical (unpaired) electrons. The number of nitrogens with zero attached hydrogens (tertiary/aromatic N) is 2. The minimum atomic E-state index is 0.178. The molecule has 1 aromatic rings. The minimum Gasteiger partial charge on any atom is -0.491 e. The molecule has 2 aliphatic rings. The number of ether oxygens (including phenoxy) is 2. The first-order chi connectivity index (χ1) is 15.0. The van der Waals surface area contributed by atoms with Gasteiger partial charge in [-0.25, -0.2) is 0 Å². The van der Waals surface area contributed by atoms with Crippen LogP contribution in [0.2, 0.25) is 0 Å². The van der Waals surface area contributed by atoms with Gasteiger partial charge in [0, 0.05) is 44.6 Å². The largest absolute Gasteiger partial charge is 0.491 e. The third-order valence-electron chi connectivity index (χ3n) is 5.59. The number of rotatable bonds is 12. The predicted molar refractivity (Wildman–Crippen MR) is 129 cm³/mol. The molecule has 3 rings (SSSR count). The van der Waals surface area contributed by atoms with E-state index in [1.165, 1.54) is 32.4 Å². The van der Waals surface area contributed by atoms with E-state index in [2.05, 4.69) is 29.4 Å². The van der Waals surface area contributed by atoms with Gasteiger partial charge in [-0.05, 0) is 82.2 Å². The SMILES string of the molecule is CC(C)COCCCNC(=NCC1CCN(C2CC2)C1)Nc1ccc(OC(C)C)cc1. The fraction of sp³-hybridized carbons (Fsp3) is 0.720. The van der Waals surface area contributed by atoms with Crippen LogP contribution in [0.3, 0.4) is 0 Å². The zero-order valence-electron chi connectivity index (χ0n) is 19.9. The second kappa shape index (κ2) is 12.3. The summed E-state index contributed by atoms with van der Waals surface area (Å²) in [5.41, 5.74) is 1.02. The number of benzene rings is 1. The lowest BCUT2D eigenvalue weighted by Gasteiger charge is -2.16. The van der Waals surface area contributed by atoms with Gasteiger partial charge in [0.15, 0.2) is 5.96 Å². The highest BCUT2D eigenvalue weighted by Gasteiger charge is 2.34. The summed E-state index contributed by atoms with van der Waals surface area (Å²) in [6, 6.07) is 8.96. The molecule has 1 saturated carbocycles. The molecule has 0 aromatic heterocycles. The van der Waals surface area contributed by atoms with Crippen molar-refractivity contribution in [2.24, 2.45) is 16.8 Å². The average Bonchev–Trinajstić information content (AvgIpc) is 3.47. The van der Waals surface area contributed by atoms with E-state index in [0.29, 0.717) is 11.8 Å².